The molecule has 2 atom stereocenters. The van der Waals surface area contributed by atoms with Gasteiger partial charge in [0.1, 0.15) is 0 Å². The summed E-state index contributed by atoms with van der Waals surface area (Å²) in [4.78, 5) is 0. The average molecular weight is 231 g/mol. The van der Waals surface area contributed by atoms with Crippen molar-refractivity contribution in [3.63, 3.8) is 0 Å². The highest BCUT2D eigenvalue weighted by Gasteiger charge is 2.31. The van der Waals surface area contributed by atoms with Crippen molar-refractivity contribution in [3.8, 4) is 0 Å². The lowest BCUT2D eigenvalue weighted by Gasteiger charge is -2.17. The maximum Gasteiger partial charge on any atom is -0.00713 e. The first-order chi connectivity index (χ1) is 8.26. The second-order valence-electron chi connectivity index (χ2n) is 5.50. The molecule has 1 aromatic carbocycles. The zero-order valence-electron chi connectivity index (χ0n) is 11.2. The van der Waals surface area contributed by atoms with Crippen LogP contribution in [0.3, 0.4) is 0 Å². The van der Waals surface area contributed by atoms with Gasteiger partial charge in [0.05, 0.1) is 0 Å². The largest absolute Gasteiger partial charge is 0.330 e. The second-order valence-corrected chi connectivity index (χ2v) is 5.50. The van der Waals surface area contributed by atoms with Crippen LogP contribution in [0.25, 0.3) is 0 Å². The molecule has 0 amide bonds. The molecule has 1 aliphatic rings. The van der Waals surface area contributed by atoms with Gasteiger partial charge in [-0.3, -0.25) is 0 Å². The molecule has 0 spiro atoms. The van der Waals surface area contributed by atoms with E-state index in [9.17, 15) is 0 Å². The van der Waals surface area contributed by atoms with E-state index in [4.69, 9.17) is 5.73 Å². The third-order valence-electron chi connectivity index (χ3n) is 4.21. The molecule has 1 heteroatoms. The van der Waals surface area contributed by atoms with E-state index in [0.29, 0.717) is 11.8 Å². The van der Waals surface area contributed by atoms with Crippen molar-refractivity contribution >= 4 is 0 Å². The fraction of sp³-hybridized carbons (Fsp3) is 0.625. The SMILES string of the molecule is CCC(C)c1ccc(C(CCN)C2CC2)cc1. The Bertz CT molecular complexity index is 337. The molecule has 1 aromatic rings. The van der Waals surface area contributed by atoms with Crippen molar-refractivity contribution < 1.29 is 0 Å². The highest BCUT2D eigenvalue weighted by atomic mass is 14.5. The number of hydrogen-bond acceptors (Lipinski definition) is 1. The Kier molecular flexibility index (Phi) is 4.22. The van der Waals surface area contributed by atoms with Crippen LogP contribution in [0.2, 0.25) is 0 Å². The minimum atomic E-state index is 0.679. The van der Waals surface area contributed by atoms with E-state index in [1.54, 1.807) is 0 Å². The quantitative estimate of drug-likeness (QED) is 0.785. The van der Waals surface area contributed by atoms with Crippen LogP contribution in [0.5, 0.6) is 0 Å². The minimum Gasteiger partial charge on any atom is -0.330 e. The van der Waals surface area contributed by atoms with E-state index in [1.165, 1.54) is 30.4 Å². The molecule has 2 rings (SSSR count). The van der Waals surface area contributed by atoms with Crippen LogP contribution in [0, 0.1) is 5.92 Å². The van der Waals surface area contributed by atoms with Crippen LogP contribution in [0.4, 0.5) is 0 Å². The number of rotatable bonds is 6. The molecule has 0 radical (unpaired) electrons. The van der Waals surface area contributed by atoms with Gasteiger partial charge in [-0.15, -0.1) is 0 Å². The van der Waals surface area contributed by atoms with Gasteiger partial charge in [-0.2, -0.15) is 0 Å². The number of hydrogen-bond donors (Lipinski definition) is 1. The van der Waals surface area contributed by atoms with Crippen LogP contribution in [0.1, 0.15) is 62.5 Å². The number of benzene rings is 1. The Morgan fingerprint density at radius 1 is 1.18 bits per heavy atom. The van der Waals surface area contributed by atoms with Crippen molar-refractivity contribution in [2.24, 2.45) is 11.7 Å². The molecule has 17 heavy (non-hydrogen) atoms. The van der Waals surface area contributed by atoms with E-state index in [1.807, 2.05) is 0 Å². The van der Waals surface area contributed by atoms with Crippen LogP contribution in [-0.4, -0.2) is 6.54 Å². The molecular weight excluding hydrogens is 206 g/mol. The molecule has 1 saturated carbocycles. The summed E-state index contributed by atoms with van der Waals surface area (Å²) in [5.74, 6) is 2.30. The Morgan fingerprint density at radius 2 is 1.76 bits per heavy atom. The molecule has 0 heterocycles. The first-order valence-corrected chi connectivity index (χ1v) is 7.06. The normalized spacial score (nSPS) is 19.0. The van der Waals surface area contributed by atoms with E-state index in [0.717, 1.165) is 18.9 Å². The molecular formula is C16H25N. The van der Waals surface area contributed by atoms with E-state index in [2.05, 4.69) is 38.1 Å². The summed E-state index contributed by atoms with van der Waals surface area (Å²) >= 11 is 0. The van der Waals surface area contributed by atoms with Crippen molar-refractivity contribution in [1.29, 1.82) is 0 Å². The van der Waals surface area contributed by atoms with E-state index >= 15 is 0 Å². The van der Waals surface area contributed by atoms with Gasteiger partial charge in [-0.1, -0.05) is 38.1 Å². The van der Waals surface area contributed by atoms with Crippen molar-refractivity contribution in [2.45, 2.75) is 51.4 Å². The fourth-order valence-corrected chi connectivity index (χ4v) is 2.66. The average Bonchev–Trinajstić information content (AvgIpc) is 3.19. The Morgan fingerprint density at radius 3 is 2.24 bits per heavy atom. The topological polar surface area (TPSA) is 26.0 Å². The molecule has 2 N–H and O–H groups in total. The van der Waals surface area contributed by atoms with Crippen LogP contribution in [0.15, 0.2) is 24.3 Å². The highest BCUT2D eigenvalue weighted by Crippen LogP contribution is 2.44. The fourth-order valence-electron chi connectivity index (χ4n) is 2.66. The van der Waals surface area contributed by atoms with Gasteiger partial charge < -0.3 is 5.73 Å². The van der Waals surface area contributed by atoms with Gasteiger partial charge in [0, 0.05) is 0 Å². The standard InChI is InChI=1S/C16H25N/c1-3-12(2)13-4-6-14(7-5-13)16(10-11-17)15-8-9-15/h4-7,12,15-16H,3,8-11,17H2,1-2H3. The summed E-state index contributed by atoms with van der Waals surface area (Å²) in [7, 11) is 0. The van der Waals surface area contributed by atoms with Crippen molar-refractivity contribution in [2.75, 3.05) is 6.54 Å². The summed E-state index contributed by atoms with van der Waals surface area (Å²) < 4.78 is 0. The van der Waals surface area contributed by atoms with Gasteiger partial charge in [0.25, 0.3) is 0 Å². The summed E-state index contributed by atoms with van der Waals surface area (Å²) in [6.45, 7) is 5.36. The predicted molar refractivity (Wildman–Crippen MR) is 74.3 cm³/mol. The summed E-state index contributed by atoms with van der Waals surface area (Å²) in [6.07, 6.45) is 5.16. The maximum absolute atomic E-state index is 5.73. The predicted octanol–water partition coefficient (Wildman–Crippen LogP) is 4.04. The number of nitrogens with two attached hydrogens (primary N) is 1. The summed E-state index contributed by atoms with van der Waals surface area (Å²) in [6, 6.07) is 9.30. The summed E-state index contributed by atoms with van der Waals surface area (Å²) in [5, 5.41) is 0. The summed E-state index contributed by atoms with van der Waals surface area (Å²) in [5.41, 5.74) is 8.71. The third-order valence-corrected chi connectivity index (χ3v) is 4.21. The molecule has 0 saturated heterocycles. The molecule has 2 unspecified atom stereocenters. The van der Waals surface area contributed by atoms with Gasteiger partial charge in [0.2, 0.25) is 0 Å². The van der Waals surface area contributed by atoms with Crippen LogP contribution < -0.4 is 5.73 Å². The Balaban J connectivity index is 2.09. The Labute approximate surface area is 105 Å². The van der Waals surface area contributed by atoms with Gasteiger partial charge >= 0.3 is 0 Å². The minimum absolute atomic E-state index is 0.679. The van der Waals surface area contributed by atoms with Gasteiger partial charge in [0.15, 0.2) is 0 Å². The lowest BCUT2D eigenvalue weighted by atomic mass is 9.89. The first-order valence-electron chi connectivity index (χ1n) is 7.06. The maximum atomic E-state index is 5.73. The molecule has 0 aliphatic heterocycles. The van der Waals surface area contributed by atoms with Crippen molar-refractivity contribution in [3.05, 3.63) is 35.4 Å². The van der Waals surface area contributed by atoms with E-state index < -0.39 is 0 Å². The molecule has 94 valence electrons. The smallest absolute Gasteiger partial charge is 0.00713 e. The molecule has 0 bridgehead atoms. The molecule has 0 aromatic heterocycles. The van der Waals surface area contributed by atoms with Gasteiger partial charge in [-0.25, -0.2) is 0 Å². The first kappa shape index (κ1) is 12.6. The lowest BCUT2D eigenvalue weighted by molar-refractivity contribution is 0.565. The monoisotopic (exact) mass is 231 g/mol. The zero-order valence-corrected chi connectivity index (χ0v) is 11.2. The van der Waals surface area contributed by atoms with Crippen LogP contribution >= 0.6 is 0 Å². The highest BCUT2D eigenvalue weighted by molar-refractivity contribution is 5.28. The van der Waals surface area contributed by atoms with E-state index in [-0.39, 0.29) is 0 Å². The van der Waals surface area contributed by atoms with Crippen LogP contribution in [-0.2, 0) is 0 Å². The van der Waals surface area contributed by atoms with Gasteiger partial charge in [-0.05, 0) is 61.1 Å². The molecule has 1 fully saturated rings. The third kappa shape index (κ3) is 3.10. The second kappa shape index (κ2) is 5.68. The lowest BCUT2D eigenvalue weighted by Crippen LogP contribution is -2.09. The molecule has 1 nitrogen and oxygen atoms in total. The zero-order chi connectivity index (χ0) is 12.3. The van der Waals surface area contributed by atoms with Crippen molar-refractivity contribution in [1.82, 2.24) is 0 Å². The Hall–Kier alpha value is -0.820. The molecule has 1 aliphatic carbocycles.